The quantitative estimate of drug-likeness (QED) is 0.847. The van der Waals surface area contributed by atoms with E-state index in [1.807, 2.05) is 12.1 Å². The highest BCUT2D eigenvalue weighted by Gasteiger charge is 2.53. The van der Waals surface area contributed by atoms with Crippen LogP contribution in [0.1, 0.15) is 24.0 Å². The lowest BCUT2D eigenvalue weighted by atomic mass is 9.66. The van der Waals surface area contributed by atoms with Gasteiger partial charge in [-0.05, 0) is 36.1 Å². The maximum Gasteiger partial charge on any atom is 0.160 e. The van der Waals surface area contributed by atoms with Crippen molar-refractivity contribution in [1.82, 2.24) is 4.90 Å². The molecule has 4 atom stereocenters. The van der Waals surface area contributed by atoms with Crippen LogP contribution in [0.5, 0.6) is 11.5 Å². The Bertz CT molecular complexity index is 612. The number of rotatable bonds is 2. The predicted molar refractivity (Wildman–Crippen MR) is 79.7 cm³/mol. The molecule has 2 bridgehead atoms. The molecule has 112 valence electrons. The zero-order chi connectivity index (χ0) is 14.6. The number of ether oxygens (including phenoxy) is 2. The molecule has 1 aromatic carbocycles. The fraction of sp³-hybridized carbons (Fsp3) is 0.529. The van der Waals surface area contributed by atoms with Crippen molar-refractivity contribution in [2.45, 2.75) is 36.9 Å². The topological polar surface area (TPSA) is 41.9 Å². The van der Waals surface area contributed by atoms with Crippen molar-refractivity contribution in [3.05, 3.63) is 35.4 Å². The van der Waals surface area contributed by atoms with Gasteiger partial charge in [-0.25, -0.2) is 0 Å². The highest BCUT2D eigenvalue weighted by Crippen LogP contribution is 2.52. The molecule has 21 heavy (non-hydrogen) atoms. The second-order valence-corrected chi connectivity index (χ2v) is 6.33. The number of methoxy groups -OCH3 is 2. The Morgan fingerprint density at radius 2 is 2.19 bits per heavy atom. The molecule has 0 saturated carbocycles. The van der Waals surface area contributed by atoms with Crippen LogP contribution in [0.25, 0.3) is 0 Å². The first-order valence-electron chi connectivity index (χ1n) is 7.54. The summed E-state index contributed by atoms with van der Waals surface area (Å²) < 4.78 is 10.8. The van der Waals surface area contributed by atoms with E-state index in [0.717, 1.165) is 25.9 Å². The maximum atomic E-state index is 10.2. The molecule has 0 aromatic heterocycles. The third-order valence-corrected chi connectivity index (χ3v) is 5.49. The standard InChI is InChI=1S/C17H21NO3/c1-20-12-3-4-17-5-6-18(16(17)8-12)10-11-7-15(21-2)14(19)9-13(11)17/h3-4,7,9,12,16,19H,5-6,8,10H2,1-2H3. The zero-order valence-corrected chi connectivity index (χ0v) is 12.5. The Hall–Kier alpha value is -1.52. The fourth-order valence-electron chi connectivity index (χ4n) is 4.43. The predicted octanol–water partition coefficient (Wildman–Crippen LogP) is 2.20. The van der Waals surface area contributed by atoms with Crippen LogP contribution in [-0.2, 0) is 16.7 Å². The van der Waals surface area contributed by atoms with Crippen molar-refractivity contribution in [3.8, 4) is 11.5 Å². The van der Waals surface area contributed by atoms with Crippen LogP contribution in [-0.4, -0.2) is 42.9 Å². The van der Waals surface area contributed by atoms with E-state index < -0.39 is 0 Å². The summed E-state index contributed by atoms with van der Waals surface area (Å²) in [4.78, 5) is 2.55. The van der Waals surface area contributed by atoms with E-state index in [1.165, 1.54) is 11.1 Å². The van der Waals surface area contributed by atoms with Gasteiger partial charge in [0.25, 0.3) is 0 Å². The highest BCUT2D eigenvalue weighted by atomic mass is 16.5. The molecule has 3 aliphatic rings. The fourth-order valence-corrected chi connectivity index (χ4v) is 4.43. The smallest absolute Gasteiger partial charge is 0.160 e. The largest absolute Gasteiger partial charge is 0.504 e. The first-order valence-corrected chi connectivity index (χ1v) is 7.54. The van der Waals surface area contributed by atoms with Gasteiger partial charge >= 0.3 is 0 Å². The van der Waals surface area contributed by atoms with Crippen molar-refractivity contribution >= 4 is 0 Å². The van der Waals surface area contributed by atoms with Crippen molar-refractivity contribution in [1.29, 1.82) is 0 Å². The lowest BCUT2D eigenvalue weighted by Gasteiger charge is -2.45. The lowest BCUT2D eigenvalue weighted by molar-refractivity contribution is 0.0749. The Kier molecular flexibility index (Phi) is 2.81. The molecular weight excluding hydrogens is 266 g/mol. The van der Waals surface area contributed by atoms with Gasteiger partial charge in [0.05, 0.1) is 13.2 Å². The summed E-state index contributed by atoms with van der Waals surface area (Å²) in [5.41, 5.74) is 2.58. The molecule has 4 unspecified atom stereocenters. The lowest BCUT2D eigenvalue weighted by Crippen LogP contribution is -2.49. The van der Waals surface area contributed by atoms with Gasteiger partial charge in [-0.2, -0.15) is 0 Å². The second-order valence-electron chi connectivity index (χ2n) is 6.33. The highest BCUT2D eigenvalue weighted by molar-refractivity contribution is 5.54. The third kappa shape index (κ3) is 1.69. The van der Waals surface area contributed by atoms with E-state index in [4.69, 9.17) is 9.47 Å². The van der Waals surface area contributed by atoms with Gasteiger partial charge in [0, 0.05) is 31.7 Å². The molecule has 4 nitrogen and oxygen atoms in total. The molecule has 1 fully saturated rings. The molecule has 0 amide bonds. The molecule has 1 aromatic rings. The first kappa shape index (κ1) is 13.2. The van der Waals surface area contributed by atoms with Crippen molar-refractivity contribution in [3.63, 3.8) is 0 Å². The third-order valence-electron chi connectivity index (χ3n) is 5.49. The summed E-state index contributed by atoms with van der Waals surface area (Å²) in [6.07, 6.45) is 6.86. The van der Waals surface area contributed by atoms with Crippen LogP contribution in [0.15, 0.2) is 24.3 Å². The van der Waals surface area contributed by atoms with Crippen LogP contribution < -0.4 is 4.74 Å². The molecule has 1 N–H and O–H groups in total. The second kappa shape index (κ2) is 4.49. The number of hydrogen-bond acceptors (Lipinski definition) is 4. The van der Waals surface area contributed by atoms with Crippen LogP contribution in [0.4, 0.5) is 0 Å². The zero-order valence-electron chi connectivity index (χ0n) is 12.5. The maximum absolute atomic E-state index is 10.2. The molecule has 1 aliphatic carbocycles. The molecule has 1 saturated heterocycles. The van der Waals surface area contributed by atoms with Crippen LogP contribution in [0, 0.1) is 0 Å². The van der Waals surface area contributed by atoms with E-state index in [1.54, 1.807) is 14.2 Å². The molecular formula is C17H21NO3. The van der Waals surface area contributed by atoms with E-state index in [0.29, 0.717) is 11.8 Å². The molecule has 2 aliphatic heterocycles. The minimum atomic E-state index is 0.0341. The average Bonchev–Trinajstić information content (AvgIpc) is 2.79. The Morgan fingerprint density at radius 3 is 2.95 bits per heavy atom. The SMILES string of the molecule is COc1cc2c(cc1O)C13C=CC(OC)CC1N(CC3)C2. The van der Waals surface area contributed by atoms with Gasteiger partial charge in [-0.3, -0.25) is 4.90 Å². The number of aromatic hydroxyl groups is 1. The average molecular weight is 287 g/mol. The molecule has 4 heteroatoms. The number of phenolic OH excluding ortho intramolecular Hbond substituents is 1. The van der Waals surface area contributed by atoms with Gasteiger partial charge in [0.2, 0.25) is 0 Å². The van der Waals surface area contributed by atoms with Gasteiger partial charge in [0.15, 0.2) is 11.5 Å². The van der Waals surface area contributed by atoms with Crippen molar-refractivity contribution in [2.75, 3.05) is 20.8 Å². The number of hydrogen-bond donors (Lipinski definition) is 1. The molecule has 0 radical (unpaired) electrons. The minimum Gasteiger partial charge on any atom is -0.504 e. The van der Waals surface area contributed by atoms with Crippen molar-refractivity contribution < 1.29 is 14.6 Å². The van der Waals surface area contributed by atoms with E-state index in [2.05, 4.69) is 17.1 Å². The van der Waals surface area contributed by atoms with Crippen LogP contribution in [0.3, 0.4) is 0 Å². The summed E-state index contributed by atoms with van der Waals surface area (Å²) in [7, 11) is 3.38. The monoisotopic (exact) mass is 287 g/mol. The summed E-state index contributed by atoms with van der Waals surface area (Å²) in [5.74, 6) is 0.811. The normalized spacial score (nSPS) is 36.2. The van der Waals surface area contributed by atoms with Crippen molar-refractivity contribution in [2.24, 2.45) is 0 Å². The summed E-state index contributed by atoms with van der Waals surface area (Å²) in [6, 6.07) is 4.39. The Balaban J connectivity index is 1.87. The molecule has 2 heterocycles. The van der Waals surface area contributed by atoms with Gasteiger partial charge in [0.1, 0.15) is 0 Å². The number of phenols is 1. The van der Waals surface area contributed by atoms with Crippen LogP contribution in [0.2, 0.25) is 0 Å². The van der Waals surface area contributed by atoms with Crippen LogP contribution >= 0.6 is 0 Å². The van der Waals surface area contributed by atoms with E-state index in [-0.39, 0.29) is 17.3 Å². The summed E-state index contributed by atoms with van der Waals surface area (Å²) in [6.45, 7) is 2.03. The Morgan fingerprint density at radius 1 is 1.33 bits per heavy atom. The van der Waals surface area contributed by atoms with Gasteiger partial charge < -0.3 is 14.6 Å². The minimum absolute atomic E-state index is 0.0341. The van der Waals surface area contributed by atoms with E-state index >= 15 is 0 Å². The number of benzene rings is 1. The summed E-state index contributed by atoms with van der Waals surface area (Å²) in [5, 5.41) is 10.2. The molecule has 0 spiro atoms. The van der Waals surface area contributed by atoms with Gasteiger partial charge in [-0.1, -0.05) is 12.2 Å². The first-order chi connectivity index (χ1) is 10.2. The van der Waals surface area contributed by atoms with Gasteiger partial charge in [-0.15, -0.1) is 0 Å². The van der Waals surface area contributed by atoms with E-state index in [9.17, 15) is 5.11 Å². The Labute approximate surface area is 125 Å². The number of nitrogens with zero attached hydrogens (tertiary/aromatic N) is 1. The number of fused-ring (bicyclic) bond motifs is 1. The molecule has 4 rings (SSSR count). The summed E-state index contributed by atoms with van der Waals surface area (Å²) >= 11 is 0.